The minimum absolute atomic E-state index is 0.347. The summed E-state index contributed by atoms with van der Waals surface area (Å²) in [4.78, 5) is 14.6. The molecular weight excluding hydrogens is 264 g/mol. The highest BCUT2D eigenvalue weighted by molar-refractivity contribution is 6.01. The molecule has 21 heavy (non-hydrogen) atoms. The second-order valence-electron chi connectivity index (χ2n) is 7.31. The van der Waals surface area contributed by atoms with Gasteiger partial charge in [-0.15, -0.1) is 0 Å². The number of rotatable bonds is 5. The molecule has 118 valence electrons. The monoisotopic (exact) mass is 292 g/mol. The fraction of sp³-hybridized carbons (Fsp3) is 0.824. The van der Waals surface area contributed by atoms with Crippen LogP contribution >= 0.6 is 0 Å². The van der Waals surface area contributed by atoms with Crippen molar-refractivity contribution in [1.29, 1.82) is 0 Å². The summed E-state index contributed by atoms with van der Waals surface area (Å²) >= 11 is 0. The molecule has 3 fully saturated rings. The van der Waals surface area contributed by atoms with Gasteiger partial charge in [-0.25, -0.2) is 0 Å². The van der Waals surface area contributed by atoms with Crippen LogP contribution in [0.3, 0.4) is 0 Å². The molecule has 1 N–H and O–H groups in total. The number of hydrogen-bond donors (Lipinski definition) is 1. The van der Waals surface area contributed by atoms with Crippen LogP contribution in [-0.2, 0) is 9.53 Å². The third kappa shape index (κ3) is 2.88. The summed E-state index contributed by atoms with van der Waals surface area (Å²) in [6.45, 7) is 12.6. The molecule has 3 aliphatic rings. The summed E-state index contributed by atoms with van der Waals surface area (Å²) in [5, 5.41) is 3.49. The highest BCUT2D eigenvalue weighted by Gasteiger charge is 2.65. The lowest BCUT2D eigenvalue weighted by Crippen LogP contribution is -2.37. The van der Waals surface area contributed by atoms with Crippen molar-refractivity contribution in [2.45, 2.75) is 33.6 Å². The molecule has 0 spiro atoms. The van der Waals surface area contributed by atoms with Gasteiger partial charge in [0.25, 0.3) is 0 Å². The Morgan fingerprint density at radius 1 is 1.38 bits per heavy atom. The first-order valence-corrected chi connectivity index (χ1v) is 8.29. The van der Waals surface area contributed by atoms with Crippen LogP contribution in [0, 0.1) is 17.3 Å². The molecule has 4 heteroatoms. The molecule has 2 atom stereocenters. The zero-order chi connectivity index (χ0) is 15.0. The molecule has 4 nitrogen and oxygen atoms in total. The molecule has 1 saturated heterocycles. The van der Waals surface area contributed by atoms with Gasteiger partial charge < -0.3 is 10.1 Å². The predicted molar refractivity (Wildman–Crippen MR) is 83.0 cm³/mol. The number of morpholine rings is 1. The summed E-state index contributed by atoms with van der Waals surface area (Å²) in [5.74, 6) is 1.49. The van der Waals surface area contributed by atoms with E-state index in [-0.39, 0.29) is 0 Å². The predicted octanol–water partition coefficient (Wildman–Crippen LogP) is 1.82. The standard InChI is InChI=1S/C17H28N2O2/c1-12(15-14(20)11-13-16(15)17(13,2)3)18-5-4-6-19-7-9-21-10-8-19/h13,16,18H,4-11H2,1-3H3/b15-12+/t13-,16-/m1/s1. The molecule has 0 bridgehead atoms. The Balaban J connectivity index is 1.46. The van der Waals surface area contributed by atoms with Crippen LogP contribution in [0.4, 0.5) is 0 Å². The second kappa shape index (κ2) is 5.73. The summed E-state index contributed by atoms with van der Waals surface area (Å²) in [7, 11) is 0. The normalized spacial score (nSPS) is 33.8. The maximum absolute atomic E-state index is 12.1. The fourth-order valence-corrected chi connectivity index (χ4v) is 4.12. The number of ketones is 1. The van der Waals surface area contributed by atoms with Gasteiger partial charge in [0, 0.05) is 37.3 Å². The molecule has 0 aromatic rings. The Labute approximate surface area is 127 Å². The van der Waals surface area contributed by atoms with Crippen LogP contribution in [0.25, 0.3) is 0 Å². The van der Waals surface area contributed by atoms with Gasteiger partial charge in [0.2, 0.25) is 0 Å². The van der Waals surface area contributed by atoms with Crippen molar-refractivity contribution in [3.8, 4) is 0 Å². The Hall–Kier alpha value is -0.870. The van der Waals surface area contributed by atoms with Crippen LogP contribution in [0.15, 0.2) is 11.3 Å². The Morgan fingerprint density at radius 3 is 2.76 bits per heavy atom. The quantitative estimate of drug-likeness (QED) is 0.620. The van der Waals surface area contributed by atoms with Crippen LogP contribution in [0.2, 0.25) is 0 Å². The van der Waals surface area contributed by atoms with E-state index in [0.717, 1.165) is 63.5 Å². The average Bonchev–Trinajstić information content (AvgIpc) is 2.83. The SMILES string of the molecule is C/C(NCCCN1CCOCC1)=C1/C(=O)C[C@@H]2[C@H]1C2(C)C. The van der Waals surface area contributed by atoms with Crippen molar-refractivity contribution in [2.24, 2.45) is 17.3 Å². The Morgan fingerprint density at radius 2 is 2.10 bits per heavy atom. The smallest absolute Gasteiger partial charge is 0.161 e. The second-order valence-corrected chi connectivity index (χ2v) is 7.31. The van der Waals surface area contributed by atoms with Gasteiger partial charge in [-0.1, -0.05) is 13.8 Å². The Bertz CT molecular complexity index is 450. The number of fused-ring (bicyclic) bond motifs is 1. The molecule has 3 rings (SSSR count). The number of nitrogens with zero attached hydrogens (tertiary/aromatic N) is 1. The van der Waals surface area contributed by atoms with E-state index >= 15 is 0 Å². The summed E-state index contributed by atoms with van der Waals surface area (Å²) in [6.07, 6.45) is 1.89. The molecule has 0 amide bonds. The minimum Gasteiger partial charge on any atom is -0.388 e. The van der Waals surface area contributed by atoms with Gasteiger partial charge in [0.1, 0.15) is 0 Å². The van der Waals surface area contributed by atoms with Gasteiger partial charge in [-0.05, 0) is 37.1 Å². The van der Waals surface area contributed by atoms with Crippen LogP contribution in [0.5, 0.6) is 0 Å². The molecule has 1 aliphatic heterocycles. The number of ether oxygens (including phenoxy) is 1. The molecule has 2 saturated carbocycles. The molecule has 1 heterocycles. The topological polar surface area (TPSA) is 41.6 Å². The van der Waals surface area contributed by atoms with Crippen molar-refractivity contribution in [1.82, 2.24) is 10.2 Å². The zero-order valence-electron chi connectivity index (χ0n) is 13.6. The van der Waals surface area contributed by atoms with Gasteiger partial charge in [-0.2, -0.15) is 0 Å². The third-order valence-corrected chi connectivity index (χ3v) is 5.62. The minimum atomic E-state index is 0.347. The molecule has 0 radical (unpaired) electrons. The van der Waals surface area contributed by atoms with Crippen LogP contribution in [0.1, 0.15) is 33.6 Å². The summed E-state index contributed by atoms with van der Waals surface area (Å²) < 4.78 is 5.36. The number of carbonyl (C=O) groups excluding carboxylic acids is 1. The number of nitrogens with one attached hydrogen (secondary N) is 1. The van der Waals surface area contributed by atoms with Gasteiger partial charge in [-0.3, -0.25) is 9.69 Å². The van der Waals surface area contributed by atoms with Gasteiger partial charge >= 0.3 is 0 Å². The Kier molecular flexibility index (Phi) is 4.10. The van der Waals surface area contributed by atoms with Gasteiger partial charge in [0.15, 0.2) is 5.78 Å². The average molecular weight is 292 g/mol. The lowest BCUT2D eigenvalue weighted by Gasteiger charge is -2.26. The highest BCUT2D eigenvalue weighted by atomic mass is 16.5. The van der Waals surface area contributed by atoms with E-state index < -0.39 is 0 Å². The van der Waals surface area contributed by atoms with E-state index in [1.807, 2.05) is 0 Å². The maximum atomic E-state index is 12.1. The largest absolute Gasteiger partial charge is 0.388 e. The lowest BCUT2D eigenvalue weighted by molar-refractivity contribution is -0.115. The fourth-order valence-electron chi connectivity index (χ4n) is 4.12. The number of hydrogen-bond acceptors (Lipinski definition) is 4. The van der Waals surface area contributed by atoms with E-state index in [4.69, 9.17) is 4.74 Å². The van der Waals surface area contributed by atoms with E-state index in [1.165, 1.54) is 0 Å². The number of allylic oxidation sites excluding steroid dienone is 2. The third-order valence-electron chi connectivity index (χ3n) is 5.62. The zero-order valence-corrected chi connectivity index (χ0v) is 13.6. The lowest BCUT2D eigenvalue weighted by atomic mass is 9.95. The number of carbonyl (C=O) groups is 1. The molecule has 0 unspecified atom stereocenters. The first kappa shape index (κ1) is 15.0. The maximum Gasteiger partial charge on any atom is 0.161 e. The van der Waals surface area contributed by atoms with E-state index in [0.29, 0.717) is 23.0 Å². The van der Waals surface area contributed by atoms with E-state index in [2.05, 4.69) is 31.0 Å². The van der Waals surface area contributed by atoms with Crippen molar-refractivity contribution in [3.63, 3.8) is 0 Å². The van der Waals surface area contributed by atoms with Crippen molar-refractivity contribution in [2.75, 3.05) is 39.4 Å². The van der Waals surface area contributed by atoms with E-state index in [1.54, 1.807) is 0 Å². The first-order chi connectivity index (χ1) is 10.0. The van der Waals surface area contributed by atoms with Crippen molar-refractivity contribution in [3.05, 3.63) is 11.3 Å². The van der Waals surface area contributed by atoms with Crippen molar-refractivity contribution >= 4 is 5.78 Å². The first-order valence-electron chi connectivity index (χ1n) is 8.29. The van der Waals surface area contributed by atoms with Crippen LogP contribution in [-0.4, -0.2) is 50.1 Å². The molecule has 0 aromatic carbocycles. The molecule has 2 aliphatic carbocycles. The summed E-state index contributed by atoms with van der Waals surface area (Å²) in [5.41, 5.74) is 2.57. The molecular formula is C17H28N2O2. The van der Waals surface area contributed by atoms with Crippen molar-refractivity contribution < 1.29 is 9.53 Å². The van der Waals surface area contributed by atoms with Gasteiger partial charge in [0.05, 0.1) is 13.2 Å². The number of Topliss-reactive ketones (excluding diaryl/α,β-unsaturated/α-hetero) is 1. The summed E-state index contributed by atoms with van der Waals surface area (Å²) in [6, 6.07) is 0. The highest BCUT2D eigenvalue weighted by Crippen LogP contribution is 2.68. The van der Waals surface area contributed by atoms with Crippen LogP contribution < -0.4 is 5.32 Å². The van der Waals surface area contributed by atoms with E-state index in [9.17, 15) is 4.79 Å². The molecule has 0 aromatic heterocycles.